The first-order valence-corrected chi connectivity index (χ1v) is 7.02. The van der Waals surface area contributed by atoms with Gasteiger partial charge >= 0.3 is 0 Å². The molecule has 110 valence electrons. The molecule has 3 N–H and O–H groups in total. The minimum atomic E-state index is -0.497. The number of hydrogen-bond donors (Lipinski definition) is 2. The van der Waals surface area contributed by atoms with Gasteiger partial charge in [0.25, 0.3) is 5.91 Å². The number of ether oxygens (including phenoxy) is 1. The van der Waals surface area contributed by atoms with Crippen LogP contribution >= 0.6 is 0 Å². The topological polar surface area (TPSA) is 64.3 Å². The average molecular weight is 284 g/mol. The average Bonchev–Trinajstić information content (AvgIpc) is 2.48. The maximum Gasteiger partial charge on any atom is 0.252 e. The standard InChI is InChI=1S/C17H20N2O2/c1-3-19-12(2)13-8-4-6-10-15(13)21-16-11-7-5-9-14(16)17(18)20/h4-12,19H,3H2,1-2H3,(H2,18,20). The van der Waals surface area contributed by atoms with Crippen molar-refractivity contribution in [3.63, 3.8) is 0 Å². The SMILES string of the molecule is CCNC(C)c1ccccc1Oc1ccccc1C(N)=O. The molecule has 0 heterocycles. The zero-order valence-corrected chi connectivity index (χ0v) is 12.3. The van der Waals surface area contributed by atoms with Gasteiger partial charge in [-0.05, 0) is 31.7 Å². The van der Waals surface area contributed by atoms with Crippen molar-refractivity contribution >= 4 is 5.91 Å². The van der Waals surface area contributed by atoms with Crippen LogP contribution in [-0.4, -0.2) is 12.5 Å². The van der Waals surface area contributed by atoms with Crippen LogP contribution in [0.4, 0.5) is 0 Å². The van der Waals surface area contributed by atoms with Crippen molar-refractivity contribution in [1.82, 2.24) is 5.32 Å². The van der Waals surface area contributed by atoms with Crippen LogP contribution in [0.5, 0.6) is 11.5 Å². The molecular weight excluding hydrogens is 264 g/mol. The van der Waals surface area contributed by atoms with Crippen LogP contribution < -0.4 is 15.8 Å². The maximum absolute atomic E-state index is 11.5. The molecule has 0 saturated carbocycles. The molecule has 0 radical (unpaired) electrons. The summed E-state index contributed by atoms with van der Waals surface area (Å²) in [6.45, 7) is 5.00. The van der Waals surface area contributed by atoms with Gasteiger partial charge in [-0.2, -0.15) is 0 Å². The van der Waals surface area contributed by atoms with Gasteiger partial charge in [-0.15, -0.1) is 0 Å². The highest BCUT2D eigenvalue weighted by Gasteiger charge is 2.14. The molecule has 0 saturated heterocycles. The molecule has 0 aromatic heterocycles. The smallest absolute Gasteiger partial charge is 0.252 e. The molecule has 2 rings (SSSR count). The van der Waals surface area contributed by atoms with Gasteiger partial charge in [0.1, 0.15) is 11.5 Å². The number of nitrogens with two attached hydrogens (primary N) is 1. The van der Waals surface area contributed by atoms with Gasteiger partial charge in [0.2, 0.25) is 0 Å². The van der Waals surface area contributed by atoms with Gasteiger partial charge in [-0.25, -0.2) is 0 Å². The summed E-state index contributed by atoms with van der Waals surface area (Å²) in [5.74, 6) is 0.698. The highest BCUT2D eigenvalue weighted by Crippen LogP contribution is 2.31. The zero-order chi connectivity index (χ0) is 15.2. The summed E-state index contributed by atoms with van der Waals surface area (Å²) in [5.41, 5.74) is 6.80. The van der Waals surface area contributed by atoms with Crippen LogP contribution in [-0.2, 0) is 0 Å². The molecule has 0 aliphatic carbocycles. The van der Waals surface area contributed by atoms with Crippen LogP contribution in [0.15, 0.2) is 48.5 Å². The number of carbonyl (C=O) groups is 1. The molecule has 1 atom stereocenters. The van der Waals surface area contributed by atoms with Crippen molar-refractivity contribution in [3.05, 3.63) is 59.7 Å². The number of carbonyl (C=O) groups excluding carboxylic acids is 1. The highest BCUT2D eigenvalue weighted by molar-refractivity contribution is 5.95. The molecule has 1 unspecified atom stereocenters. The second kappa shape index (κ2) is 6.90. The van der Waals surface area contributed by atoms with E-state index in [4.69, 9.17) is 10.5 Å². The molecule has 0 fully saturated rings. The molecule has 21 heavy (non-hydrogen) atoms. The Morgan fingerprint density at radius 3 is 2.43 bits per heavy atom. The van der Waals surface area contributed by atoms with E-state index >= 15 is 0 Å². The quantitative estimate of drug-likeness (QED) is 0.855. The molecular formula is C17H20N2O2. The Balaban J connectivity index is 2.34. The fourth-order valence-corrected chi connectivity index (χ4v) is 2.23. The number of benzene rings is 2. The summed E-state index contributed by atoms with van der Waals surface area (Å²) in [6.07, 6.45) is 0. The van der Waals surface area contributed by atoms with Crippen LogP contribution in [0.3, 0.4) is 0 Å². The van der Waals surface area contributed by atoms with E-state index in [1.165, 1.54) is 0 Å². The van der Waals surface area contributed by atoms with Crippen molar-refractivity contribution in [2.45, 2.75) is 19.9 Å². The fourth-order valence-electron chi connectivity index (χ4n) is 2.23. The van der Waals surface area contributed by atoms with Gasteiger partial charge in [-0.3, -0.25) is 4.79 Å². The first-order valence-electron chi connectivity index (χ1n) is 7.02. The number of hydrogen-bond acceptors (Lipinski definition) is 3. The zero-order valence-electron chi connectivity index (χ0n) is 12.3. The first-order chi connectivity index (χ1) is 10.1. The Bertz CT molecular complexity index is 626. The lowest BCUT2D eigenvalue weighted by molar-refractivity contribution is 0.0998. The van der Waals surface area contributed by atoms with Gasteiger partial charge in [0.05, 0.1) is 5.56 Å². The van der Waals surface area contributed by atoms with Crippen molar-refractivity contribution in [1.29, 1.82) is 0 Å². The van der Waals surface area contributed by atoms with Gasteiger partial charge in [-0.1, -0.05) is 37.3 Å². The normalized spacial score (nSPS) is 11.9. The Morgan fingerprint density at radius 1 is 1.14 bits per heavy atom. The number of rotatable bonds is 6. The maximum atomic E-state index is 11.5. The predicted molar refractivity (Wildman–Crippen MR) is 83.6 cm³/mol. The lowest BCUT2D eigenvalue weighted by Crippen LogP contribution is -2.18. The van der Waals surface area contributed by atoms with E-state index in [0.717, 1.165) is 17.9 Å². The molecule has 0 aliphatic rings. The molecule has 0 spiro atoms. The van der Waals surface area contributed by atoms with Crippen molar-refractivity contribution < 1.29 is 9.53 Å². The number of nitrogens with one attached hydrogen (secondary N) is 1. The summed E-state index contributed by atoms with van der Waals surface area (Å²) in [5, 5.41) is 3.35. The monoisotopic (exact) mass is 284 g/mol. The fraction of sp³-hybridized carbons (Fsp3) is 0.235. The molecule has 0 aliphatic heterocycles. The molecule has 4 heteroatoms. The highest BCUT2D eigenvalue weighted by atomic mass is 16.5. The molecule has 4 nitrogen and oxygen atoms in total. The van der Waals surface area contributed by atoms with E-state index < -0.39 is 5.91 Å². The second-order valence-electron chi connectivity index (χ2n) is 4.78. The number of amides is 1. The van der Waals surface area contributed by atoms with E-state index in [-0.39, 0.29) is 6.04 Å². The summed E-state index contributed by atoms with van der Waals surface area (Å²) < 4.78 is 5.93. The van der Waals surface area contributed by atoms with E-state index in [0.29, 0.717) is 11.3 Å². The molecule has 2 aromatic carbocycles. The summed E-state index contributed by atoms with van der Waals surface area (Å²) >= 11 is 0. The Labute approximate surface area is 124 Å². The lowest BCUT2D eigenvalue weighted by atomic mass is 10.1. The van der Waals surface area contributed by atoms with Crippen LogP contribution in [0.25, 0.3) is 0 Å². The van der Waals surface area contributed by atoms with Crippen LogP contribution in [0, 0.1) is 0 Å². The minimum Gasteiger partial charge on any atom is -0.456 e. The number of primary amides is 1. The van der Waals surface area contributed by atoms with E-state index in [9.17, 15) is 4.79 Å². The van der Waals surface area contributed by atoms with Gasteiger partial charge in [0, 0.05) is 11.6 Å². The lowest BCUT2D eigenvalue weighted by Gasteiger charge is -2.18. The van der Waals surface area contributed by atoms with Crippen molar-refractivity contribution in [2.75, 3.05) is 6.54 Å². The Morgan fingerprint density at radius 2 is 1.76 bits per heavy atom. The third-order valence-electron chi connectivity index (χ3n) is 3.27. The predicted octanol–water partition coefficient (Wildman–Crippen LogP) is 3.25. The van der Waals surface area contributed by atoms with Crippen molar-refractivity contribution in [3.8, 4) is 11.5 Å². The van der Waals surface area contributed by atoms with E-state index in [1.807, 2.05) is 30.3 Å². The summed E-state index contributed by atoms with van der Waals surface area (Å²) in [7, 11) is 0. The third-order valence-corrected chi connectivity index (χ3v) is 3.27. The first kappa shape index (κ1) is 15.1. The van der Waals surface area contributed by atoms with E-state index in [2.05, 4.69) is 19.2 Å². The van der Waals surface area contributed by atoms with Crippen molar-refractivity contribution in [2.24, 2.45) is 5.73 Å². The van der Waals surface area contributed by atoms with E-state index in [1.54, 1.807) is 18.2 Å². The second-order valence-corrected chi connectivity index (χ2v) is 4.78. The summed E-state index contributed by atoms with van der Waals surface area (Å²) in [4.78, 5) is 11.5. The number of para-hydroxylation sites is 2. The van der Waals surface area contributed by atoms with Gasteiger partial charge < -0.3 is 15.8 Å². The largest absolute Gasteiger partial charge is 0.456 e. The molecule has 2 aromatic rings. The minimum absolute atomic E-state index is 0.159. The molecule has 0 bridgehead atoms. The third kappa shape index (κ3) is 3.61. The van der Waals surface area contributed by atoms with Gasteiger partial charge in [0.15, 0.2) is 0 Å². The molecule has 1 amide bonds. The summed E-state index contributed by atoms with van der Waals surface area (Å²) in [6, 6.07) is 14.9. The Hall–Kier alpha value is -2.33. The Kier molecular flexibility index (Phi) is 4.95. The van der Waals surface area contributed by atoms with Crippen LogP contribution in [0.2, 0.25) is 0 Å². The van der Waals surface area contributed by atoms with Crippen LogP contribution in [0.1, 0.15) is 35.8 Å².